The predicted octanol–water partition coefficient (Wildman–Crippen LogP) is 1.77. The summed E-state index contributed by atoms with van der Waals surface area (Å²) < 4.78 is 0. The molecule has 5 heteroatoms. The van der Waals surface area contributed by atoms with Crippen LogP contribution in [0.5, 0.6) is 0 Å². The van der Waals surface area contributed by atoms with Gasteiger partial charge >= 0.3 is 0 Å². The van der Waals surface area contributed by atoms with Crippen LogP contribution < -0.4 is 5.73 Å². The summed E-state index contributed by atoms with van der Waals surface area (Å²) in [5, 5.41) is 0.326. The Balaban J connectivity index is 2.55. The van der Waals surface area contributed by atoms with Gasteiger partial charge in [-0.05, 0) is 12.1 Å². The Hall–Kier alpha value is -1.68. The fraction of sp³-hybridized carbons (Fsp3) is 0. The lowest BCUT2D eigenvalue weighted by Gasteiger charge is -2.02. The summed E-state index contributed by atoms with van der Waals surface area (Å²) >= 11 is 5.70. The molecule has 2 rings (SSSR count). The smallest absolute Gasteiger partial charge is 0.148 e. The summed E-state index contributed by atoms with van der Waals surface area (Å²) in [6.45, 7) is 0. The topological polar surface area (TPSA) is 64.7 Å². The second-order valence-corrected chi connectivity index (χ2v) is 3.06. The first-order valence-electron chi connectivity index (χ1n) is 3.96. The lowest BCUT2D eigenvalue weighted by atomic mass is 10.2. The second kappa shape index (κ2) is 3.59. The third kappa shape index (κ3) is 1.65. The first kappa shape index (κ1) is 8.90. The van der Waals surface area contributed by atoms with Crippen LogP contribution in [-0.4, -0.2) is 15.0 Å². The first-order chi connectivity index (χ1) is 6.77. The van der Waals surface area contributed by atoms with Crippen molar-refractivity contribution in [3.05, 3.63) is 35.9 Å². The van der Waals surface area contributed by atoms with Gasteiger partial charge in [-0.1, -0.05) is 11.6 Å². The van der Waals surface area contributed by atoms with Crippen LogP contribution in [0, 0.1) is 0 Å². The van der Waals surface area contributed by atoms with Gasteiger partial charge in [0.05, 0.1) is 18.1 Å². The van der Waals surface area contributed by atoms with Gasteiger partial charge in [0.1, 0.15) is 16.5 Å². The van der Waals surface area contributed by atoms with Crippen molar-refractivity contribution in [3.63, 3.8) is 0 Å². The summed E-state index contributed by atoms with van der Waals surface area (Å²) in [5.41, 5.74) is 7.47. The monoisotopic (exact) mass is 206 g/mol. The van der Waals surface area contributed by atoms with Crippen LogP contribution in [-0.2, 0) is 0 Å². The number of nitrogens with two attached hydrogens (primary N) is 1. The Kier molecular flexibility index (Phi) is 2.28. The molecule has 0 fully saturated rings. The van der Waals surface area contributed by atoms with Crippen LogP contribution in [0.2, 0.25) is 5.15 Å². The molecule has 70 valence electrons. The Morgan fingerprint density at radius 3 is 2.86 bits per heavy atom. The molecule has 2 heterocycles. The fourth-order valence-electron chi connectivity index (χ4n) is 1.09. The van der Waals surface area contributed by atoms with Gasteiger partial charge in [0.15, 0.2) is 0 Å². The number of nitrogens with zero attached hydrogens (tertiary/aromatic N) is 3. The molecule has 4 nitrogen and oxygen atoms in total. The summed E-state index contributed by atoms with van der Waals surface area (Å²) in [6.07, 6.45) is 4.68. The zero-order chi connectivity index (χ0) is 9.97. The van der Waals surface area contributed by atoms with Gasteiger partial charge in [-0.15, -0.1) is 0 Å². The molecule has 2 N–H and O–H groups in total. The maximum atomic E-state index is 5.73. The maximum Gasteiger partial charge on any atom is 0.148 e. The van der Waals surface area contributed by atoms with Crippen LogP contribution in [0.15, 0.2) is 30.7 Å². The lowest BCUT2D eigenvalue weighted by molar-refractivity contribution is 1.18. The van der Waals surface area contributed by atoms with Crippen LogP contribution in [0.4, 0.5) is 5.69 Å². The highest BCUT2D eigenvalue weighted by Crippen LogP contribution is 2.20. The summed E-state index contributed by atoms with van der Waals surface area (Å²) in [7, 11) is 0. The molecule has 0 radical (unpaired) electrons. The van der Waals surface area contributed by atoms with Crippen molar-refractivity contribution in [2.45, 2.75) is 0 Å². The molecule has 0 saturated carbocycles. The van der Waals surface area contributed by atoms with E-state index in [1.165, 1.54) is 6.20 Å². The maximum absolute atomic E-state index is 5.73. The zero-order valence-corrected chi connectivity index (χ0v) is 7.94. The molecule has 0 aliphatic rings. The molecule has 0 unspecified atom stereocenters. The molecular formula is C9H7ClN4. The van der Waals surface area contributed by atoms with E-state index in [0.29, 0.717) is 22.2 Å². The van der Waals surface area contributed by atoms with Crippen LogP contribution in [0.25, 0.3) is 11.4 Å². The van der Waals surface area contributed by atoms with Crippen molar-refractivity contribution in [1.29, 1.82) is 0 Å². The zero-order valence-electron chi connectivity index (χ0n) is 7.18. The Labute approximate surface area is 85.8 Å². The Bertz CT molecular complexity index is 458. The normalized spacial score (nSPS) is 10.1. The van der Waals surface area contributed by atoms with E-state index in [-0.39, 0.29) is 0 Å². The van der Waals surface area contributed by atoms with Gasteiger partial charge in [-0.2, -0.15) is 0 Å². The van der Waals surface area contributed by atoms with E-state index >= 15 is 0 Å². The Morgan fingerprint density at radius 2 is 2.14 bits per heavy atom. The number of hydrogen-bond donors (Lipinski definition) is 1. The number of hydrogen-bond acceptors (Lipinski definition) is 4. The van der Waals surface area contributed by atoms with E-state index in [0.717, 1.165) is 0 Å². The van der Waals surface area contributed by atoms with Gasteiger partial charge in [-0.25, -0.2) is 4.98 Å². The van der Waals surface area contributed by atoms with Gasteiger partial charge in [-0.3, -0.25) is 9.97 Å². The number of halogens is 1. The molecule has 2 aromatic rings. The van der Waals surface area contributed by atoms with Crippen molar-refractivity contribution < 1.29 is 0 Å². The number of rotatable bonds is 1. The van der Waals surface area contributed by atoms with Crippen molar-refractivity contribution >= 4 is 17.3 Å². The van der Waals surface area contributed by atoms with Crippen molar-refractivity contribution in [3.8, 4) is 11.4 Å². The van der Waals surface area contributed by atoms with E-state index in [4.69, 9.17) is 17.3 Å². The standard InChI is InChI=1S/C9H7ClN4/c10-8-5-12-4-7(14-8)9-6(11)2-1-3-13-9/h1-5H,11H2. The van der Waals surface area contributed by atoms with Crippen molar-refractivity contribution in [1.82, 2.24) is 15.0 Å². The van der Waals surface area contributed by atoms with E-state index in [1.807, 2.05) is 0 Å². The number of aromatic nitrogens is 3. The highest BCUT2D eigenvalue weighted by molar-refractivity contribution is 6.29. The van der Waals surface area contributed by atoms with Crippen LogP contribution in [0.3, 0.4) is 0 Å². The minimum atomic E-state index is 0.326. The Morgan fingerprint density at radius 1 is 1.29 bits per heavy atom. The van der Waals surface area contributed by atoms with Gasteiger partial charge < -0.3 is 5.73 Å². The number of nitrogen functional groups attached to an aromatic ring is 1. The minimum Gasteiger partial charge on any atom is -0.397 e. The minimum absolute atomic E-state index is 0.326. The SMILES string of the molecule is Nc1cccnc1-c1cncc(Cl)n1. The third-order valence-electron chi connectivity index (χ3n) is 1.69. The van der Waals surface area contributed by atoms with E-state index < -0.39 is 0 Å². The molecule has 0 aliphatic heterocycles. The highest BCUT2D eigenvalue weighted by atomic mass is 35.5. The molecule has 2 aromatic heterocycles. The van der Waals surface area contributed by atoms with Gasteiger partial charge in [0.25, 0.3) is 0 Å². The molecule has 0 bridgehead atoms. The van der Waals surface area contributed by atoms with Crippen molar-refractivity contribution in [2.75, 3.05) is 5.73 Å². The third-order valence-corrected chi connectivity index (χ3v) is 1.87. The van der Waals surface area contributed by atoms with E-state index in [2.05, 4.69) is 15.0 Å². The molecule has 14 heavy (non-hydrogen) atoms. The largest absolute Gasteiger partial charge is 0.397 e. The molecule has 0 amide bonds. The summed E-state index contributed by atoms with van der Waals surface area (Å²) in [6, 6.07) is 3.52. The van der Waals surface area contributed by atoms with Gasteiger partial charge in [0, 0.05) is 6.20 Å². The fourth-order valence-corrected chi connectivity index (χ4v) is 1.24. The van der Waals surface area contributed by atoms with Crippen LogP contribution in [0.1, 0.15) is 0 Å². The summed E-state index contributed by atoms with van der Waals surface area (Å²) in [4.78, 5) is 12.1. The quantitative estimate of drug-likeness (QED) is 0.773. The van der Waals surface area contributed by atoms with Crippen molar-refractivity contribution in [2.24, 2.45) is 0 Å². The molecule has 0 aromatic carbocycles. The van der Waals surface area contributed by atoms with E-state index in [9.17, 15) is 0 Å². The molecule has 0 aliphatic carbocycles. The lowest BCUT2D eigenvalue weighted by Crippen LogP contribution is -1.95. The summed E-state index contributed by atoms with van der Waals surface area (Å²) in [5.74, 6) is 0. The highest BCUT2D eigenvalue weighted by Gasteiger charge is 2.05. The molecule has 0 spiro atoms. The average Bonchev–Trinajstić information content (AvgIpc) is 2.18. The molecule has 0 saturated heterocycles. The first-order valence-corrected chi connectivity index (χ1v) is 4.33. The van der Waals surface area contributed by atoms with Crippen LogP contribution >= 0.6 is 11.6 Å². The van der Waals surface area contributed by atoms with E-state index in [1.54, 1.807) is 24.5 Å². The predicted molar refractivity (Wildman–Crippen MR) is 54.7 cm³/mol. The second-order valence-electron chi connectivity index (χ2n) is 2.67. The molecule has 0 atom stereocenters. The van der Waals surface area contributed by atoms with Gasteiger partial charge in [0.2, 0.25) is 0 Å². The number of anilines is 1. The average molecular weight is 207 g/mol. The number of pyridine rings is 1. The molecular weight excluding hydrogens is 200 g/mol.